The molecule has 11 heteroatoms. The van der Waals surface area contributed by atoms with Crippen LogP contribution in [0.2, 0.25) is 5.02 Å². The van der Waals surface area contributed by atoms with Gasteiger partial charge in [0, 0.05) is 17.8 Å². The van der Waals surface area contributed by atoms with Crippen molar-refractivity contribution in [2.45, 2.75) is 30.9 Å². The fourth-order valence-corrected chi connectivity index (χ4v) is 4.56. The molecular weight excluding hydrogens is 419 g/mol. The van der Waals surface area contributed by atoms with Crippen molar-refractivity contribution in [3.8, 4) is 6.01 Å². The smallest absolute Gasteiger partial charge is 0.433 e. The summed E-state index contributed by atoms with van der Waals surface area (Å²) in [5, 5.41) is 0.508. The van der Waals surface area contributed by atoms with Crippen molar-refractivity contribution in [2.24, 2.45) is 0 Å². The predicted octanol–water partition coefficient (Wildman–Crippen LogP) is 3.52. The first-order valence-electron chi connectivity index (χ1n) is 8.43. The molecule has 1 aromatic carbocycles. The number of ether oxygens (including phenoxy) is 1. The summed E-state index contributed by atoms with van der Waals surface area (Å²) in [6.45, 7) is 0.342. The van der Waals surface area contributed by atoms with E-state index < -0.39 is 34.0 Å². The van der Waals surface area contributed by atoms with Crippen molar-refractivity contribution in [1.29, 1.82) is 0 Å². The average molecular weight is 436 g/mol. The van der Waals surface area contributed by atoms with Crippen LogP contribution in [0.25, 0.3) is 0 Å². The van der Waals surface area contributed by atoms with E-state index in [0.29, 0.717) is 30.0 Å². The molecule has 0 spiro atoms. The number of piperidine rings is 1. The summed E-state index contributed by atoms with van der Waals surface area (Å²) in [5.41, 5.74) is -0.519. The zero-order valence-corrected chi connectivity index (χ0v) is 16.1. The standard InChI is InChI=1S/C17H17ClF3N3O3S/c18-13-5-3-12(4-6-13)11-28(25,26)24-9-1-2-14(10-24)27-16-22-8-7-15(23-16)17(19,20)21/h3-8,14H,1-2,9-11H2. The monoisotopic (exact) mass is 435 g/mol. The van der Waals surface area contributed by atoms with E-state index in [1.165, 1.54) is 4.31 Å². The molecule has 28 heavy (non-hydrogen) atoms. The van der Waals surface area contributed by atoms with Crippen LogP contribution in [0.4, 0.5) is 13.2 Å². The second kappa shape index (κ2) is 8.22. The Balaban J connectivity index is 1.67. The number of sulfonamides is 1. The van der Waals surface area contributed by atoms with E-state index in [9.17, 15) is 21.6 Å². The van der Waals surface area contributed by atoms with Gasteiger partial charge in [-0.25, -0.2) is 13.4 Å². The Morgan fingerprint density at radius 3 is 2.61 bits per heavy atom. The van der Waals surface area contributed by atoms with Crippen molar-refractivity contribution < 1.29 is 26.3 Å². The minimum Gasteiger partial charge on any atom is -0.459 e. The lowest BCUT2D eigenvalue weighted by Crippen LogP contribution is -2.44. The molecule has 1 unspecified atom stereocenters. The van der Waals surface area contributed by atoms with Gasteiger partial charge in [-0.3, -0.25) is 0 Å². The van der Waals surface area contributed by atoms with Crippen LogP contribution in [0.1, 0.15) is 24.1 Å². The Kier molecular flexibility index (Phi) is 6.11. The Bertz CT molecular complexity index is 923. The summed E-state index contributed by atoms with van der Waals surface area (Å²) in [4.78, 5) is 7.06. The maximum atomic E-state index is 12.8. The zero-order valence-electron chi connectivity index (χ0n) is 14.6. The van der Waals surface area contributed by atoms with E-state index in [0.717, 1.165) is 12.3 Å². The molecule has 2 aromatic rings. The molecule has 2 heterocycles. The summed E-state index contributed by atoms with van der Waals surface area (Å²) in [6, 6.07) is 6.81. The number of rotatable bonds is 5. The van der Waals surface area contributed by atoms with Crippen LogP contribution in [0.3, 0.4) is 0 Å². The fraction of sp³-hybridized carbons (Fsp3) is 0.412. The van der Waals surface area contributed by atoms with Crippen molar-refractivity contribution in [3.63, 3.8) is 0 Å². The maximum absolute atomic E-state index is 12.8. The van der Waals surface area contributed by atoms with Crippen LogP contribution >= 0.6 is 11.6 Å². The highest BCUT2D eigenvalue weighted by Crippen LogP contribution is 2.28. The summed E-state index contributed by atoms with van der Waals surface area (Å²) in [6.07, 6.45) is -3.27. The van der Waals surface area contributed by atoms with Gasteiger partial charge < -0.3 is 4.74 Å². The Labute approximate surface area is 165 Å². The van der Waals surface area contributed by atoms with Gasteiger partial charge in [-0.1, -0.05) is 23.7 Å². The van der Waals surface area contributed by atoms with Gasteiger partial charge in [0.2, 0.25) is 10.0 Å². The number of hydrogen-bond donors (Lipinski definition) is 0. The second-order valence-electron chi connectivity index (χ2n) is 6.35. The maximum Gasteiger partial charge on any atom is 0.433 e. The highest BCUT2D eigenvalue weighted by Gasteiger charge is 2.34. The lowest BCUT2D eigenvalue weighted by molar-refractivity contribution is -0.141. The summed E-state index contributed by atoms with van der Waals surface area (Å²) >= 11 is 5.81. The average Bonchev–Trinajstić information content (AvgIpc) is 2.63. The molecule has 1 fully saturated rings. The number of alkyl halides is 3. The van der Waals surface area contributed by atoms with E-state index >= 15 is 0 Å². The molecule has 0 bridgehead atoms. The van der Waals surface area contributed by atoms with Crippen LogP contribution < -0.4 is 4.74 Å². The largest absolute Gasteiger partial charge is 0.459 e. The van der Waals surface area contributed by atoms with Crippen molar-refractivity contribution in [2.75, 3.05) is 13.1 Å². The van der Waals surface area contributed by atoms with Gasteiger partial charge in [-0.15, -0.1) is 0 Å². The van der Waals surface area contributed by atoms with E-state index in [4.69, 9.17) is 16.3 Å². The highest BCUT2D eigenvalue weighted by atomic mass is 35.5. The quantitative estimate of drug-likeness (QED) is 0.718. The van der Waals surface area contributed by atoms with Crippen LogP contribution in [0.15, 0.2) is 36.5 Å². The van der Waals surface area contributed by atoms with Crippen LogP contribution in [0, 0.1) is 0 Å². The Hall–Kier alpha value is -1.91. The van der Waals surface area contributed by atoms with Gasteiger partial charge >= 0.3 is 12.2 Å². The fourth-order valence-electron chi connectivity index (χ4n) is 2.84. The molecule has 3 rings (SSSR count). The molecule has 6 nitrogen and oxygen atoms in total. The van der Waals surface area contributed by atoms with Crippen LogP contribution in [-0.4, -0.2) is 41.9 Å². The first kappa shape index (κ1) is 20.8. The number of benzene rings is 1. The number of nitrogens with zero attached hydrogens (tertiary/aromatic N) is 3. The third kappa shape index (κ3) is 5.33. The number of hydrogen-bond acceptors (Lipinski definition) is 5. The van der Waals surface area contributed by atoms with Crippen molar-refractivity contribution >= 4 is 21.6 Å². The van der Waals surface area contributed by atoms with Gasteiger partial charge in [0.15, 0.2) is 5.69 Å². The van der Waals surface area contributed by atoms with E-state index in [1.54, 1.807) is 24.3 Å². The third-order valence-electron chi connectivity index (χ3n) is 4.19. The summed E-state index contributed by atoms with van der Waals surface area (Å²) < 4.78 is 70.3. The van der Waals surface area contributed by atoms with E-state index in [2.05, 4.69) is 9.97 Å². The normalized spacial score (nSPS) is 18.8. The molecule has 0 amide bonds. The van der Waals surface area contributed by atoms with Crippen molar-refractivity contribution in [3.05, 3.63) is 52.8 Å². The van der Waals surface area contributed by atoms with Gasteiger partial charge in [0.05, 0.1) is 12.3 Å². The van der Waals surface area contributed by atoms with Gasteiger partial charge in [0.1, 0.15) is 6.10 Å². The van der Waals surface area contributed by atoms with E-state index in [1.807, 2.05) is 0 Å². The lowest BCUT2D eigenvalue weighted by atomic mass is 10.1. The topological polar surface area (TPSA) is 72.4 Å². The third-order valence-corrected chi connectivity index (χ3v) is 6.26. The molecule has 0 saturated carbocycles. The SMILES string of the molecule is O=S(=O)(Cc1ccc(Cl)cc1)N1CCCC(Oc2nccc(C(F)(F)F)n2)C1. The van der Waals surface area contributed by atoms with Gasteiger partial charge in [0.25, 0.3) is 0 Å². The summed E-state index contributed by atoms with van der Waals surface area (Å²) in [5.74, 6) is -0.197. The van der Waals surface area contributed by atoms with Crippen molar-refractivity contribution in [1.82, 2.24) is 14.3 Å². The lowest BCUT2D eigenvalue weighted by Gasteiger charge is -2.31. The van der Waals surface area contributed by atoms with Gasteiger partial charge in [-0.05, 0) is 36.6 Å². The molecule has 1 aromatic heterocycles. The van der Waals surface area contributed by atoms with Gasteiger partial charge in [-0.2, -0.15) is 22.5 Å². The number of halogens is 4. The number of aromatic nitrogens is 2. The van der Waals surface area contributed by atoms with Crippen LogP contribution in [-0.2, 0) is 22.0 Å². The van der Waals surface area contributed by atoms with Crippen LogP contribution in [0.5, 0.6) is 6.01 Å². The zero-order chi connectivity index (χ0) is 20.4. The summed E-state index contributed by atoms with van der Waals surface area (Å²) in [7, 11) is -3.62. The first-order valence-corrected chi connectivity index (χ1v) is 10.4. The molecule has 152 valence electrons. The highest BCUT2D eigenvalue weighted by molar-refractivity contribution is 7.88. The minimum absolute atomic E-state index is 0.0233. The Morgan fingerprint density at radius 1 is 1.21 bits per heavy atom. The molecule has 1 atom stereocenters. The first-order chi connectivity index (χ1) is 13.1. The predicted molar refractivity (Wildman–Crippen MR) is 96.3 cm³/mol. The minimum atomic E-state index is -4.61. The van der Waals surface area contributed by atoms with E-state index in [-0.39, 0.29) is 12.3 Å². The molecule has 0 aliphatic carbocycles. The molecule has 1 aliphatic rings. The molecule has 0 radical (unpaired) electrons. The molecular formula is C17H17ClF3N3O3S. The Morgan fingerprint density at radius 2 is 1.93 bits per heavy atom. The molecule has 1 aliphatic heterocycles. The second-order valence-corrected chi connectivity index (χ2v) is 8.75. The molecule has 1 saturated heterocycles. The molecule has 0 N–H and O–H groups in total.